The number of nitrogens with zero attached hydrogens (tertiary/aromatic N) is 1. The highest BCUT2D eigenvalue weighted by Crippen LogP contribution is 2.21. The van der Waals surface area contributed by atoms with Crippen molar-refractivity contribution < 1.29 is 4.79 Å². The molecular formula is C16H25BrN2O. The SMILES string of the molecule is CCCN(CC(C)(C)CN)C(=O)c1ccc(Br)c(C)c1. The van der Waals surface area contributed by atoms with Crippen LogP contribution >= 0.6 is 15.9 Å². The molecule has 0 saturated carbocycles. The number of rotatable bonds is 6. The second-order valence-corrected chi connectivity index (χ2v) is 6.91. The van der Waals surface area contributed by atoms with Crippen LogP contribution in [0.15, 0.2) is 22.7 Å². The van der Waals surface area contributed by atoms with Gasteiger partial charge in [0.15, 0.2) is 0 Å². The molecule has 112 valence electrons. The Morgan fingerprint density at radius 2 is 2.05 bits per heavy atom. The summed E-state index contributed by atoms with van der Waals surface area (Å²) in [7, 11) is 0. The first-order chi connectivity index (χ1) is 9.30. The average Bonchev–Trinajstić information content (AvgIpc) is 2.40. The number of amides is 1. The third-order valence-corrected chi connectivity index (χ3v) is 4.25. The molecule has 0 fully saturated rings. The molecule has 0 aliphatic heterocycles. The lowest BCUT2D eigenvalue weighted by atomic mass is 9.92. The number of halogens is 1. The molecule has 3 nitrogen and oxygen atoms in total. The summed E-state index contributed by atoms with van der Waals surface area (Å²) in [6.45, 7) is 10.3. The minimum Gasteiger partial charge on any atom is -0.338 e. The van der Waals surface area contributed by atoms with Crippen molar-refractivity contribution in [3.05, 3.63) is 33.8 Å². The van der Waals surface area contributed by atoms with Gasteiger partial charge in [-0.05, 0) is 49.1 Å². The molecule has 4 heteroatoms. The predicted molar refractivity (Wildman–Crippen MR) is 87.9 cm³/mol. The second kappa shape index (κ2) is 7.23. The third-order valence-electron chi connectivity index (χ3n) is 3.36. The van der Waals surface area contributed by atoms with E-state index in [0.29, 0.717) is 13.1 Å². The molecule has 0 heterocycles. The van der Waals surface area contributed by atoms with Gasteiger partial charge in [0.1, 0.15) is 0 Å². The van der Waals surface area contributed by atoms with Crippen molar-refractivity contribution in [3.63, 3.8) is 0 Å². The second-order valence-electron chi connectivity index (χ2n) is 6.06. The van der Waals surface area contributed by atoms with Crippen LogP contribution in [0.2, 0.25) is 0 Å². The van der Waals surface area contributed by atoms with Crippen LogP contribution in [0.1, 0.15) is 43.1 Å². The predicted octanol–water partition coefficient (Wildman–Crippen LogP) is 3.59. The molecule has 1 aromatic rings. The van der Waals surface area contributed by atoms with Crippen LogP contribution in [0.3, 0.4) is 0 Å². The summed E-state index contributed by atoms with van der Waals surface area (Å²) in [5, 5.41) is 0. The molecule has 0 aliphatic rings. The molecule has 0 bridgehead atoms. The van der Waals surface area contributed by atoms with Crippen molar-refractivity contribution in [1.29, 1.82) is 0 Å². The molecule has 0 aliphatic carbocycles. The fourth-order valence-corrected chi connectivity index (χ4v) is 2.31. The molecule has 1 rings (SSSR count). The van der Waals surface area contributed by atoms with Gasteiger partial charge in [-0.25, -0.2) is 0 Å². The highest BCUT2D eigenvalue weighted by Gasteiger charge is 2.24. The van der Waals surface area contributed by atoms with E-state index in [1.165, 1.54) is 0 Å². The minimum atomic E-state index is -0.0603. The lowest BCUT2D eigenvalue weighted by Crippen LogP contribution is -2.42. The highest BCUT2D eigenvalue weighted by molar-refractivity contribution is 9.10. The van der Waals surface area contributed by atoms with E-state index in [4.69, 9.17) is 5.73 Å². The van der Waals surface area contributed by atoms with Gasteiger partial charge in [-0.15, -0.1) is 0 Å². The Kier molecular flexibility index (Phi) is 6.21. The Morgan fingerprint density at radius 3 is 2.55 bits per heavy atom. The van der Waals surface area contributed by atoms with Crippen LogP contribution in [0.25, 0.3) is 0 Å². The molecule has 1 amide bonds. The number of hydrogen-bond donors (Lipinski definition) is 1. The smallest absolute Gasteiger partial charge is 0.253 e. The summed E-state index contributed by atoms with van der Waals surface area (Å²) in [5.41, 5.74) is 7.55. The first-order valence-corrected chi connectivity index (χ1v) is 7.85. The zero-order valence-electron chi connectivity index (χ0n) is 12.9. The van der Waals surface area contributed by atoms with Crippen LogP contribution < -0.4 is 5.73 Å². The lowest BCUT2D eigenvalue weighted by molar-refractivity contribution is 0.0689. The average molecular weight is 341 g/mol. The van der Waals surface area contributed by atoms with E-state index in [2.05, 4.69) is 36.7 Å². The summed E-state index contributed by atoms with van der Waals surface area (Å²) in [6, 6.07) is 5.74. The van der Waals surface area contributed by atoms with Crippen LogP contribution in [0.5, 0.6) is 0 Å². The van der Waals surface area contributed by atoms with E-state index in [0.717, 1.165) is 28.6 Å². The molecule has 0 radical (unpaired) electrons. The van der Waals surface area contributed by atoms with Gasteiger partial charge in [0, 0.05) is 23.1 Å². The van der Waals surface area contributed by atoms with Gasteiger partial charge in [0.05, 0.1) is 0 Å². The molecule has 1 aromatic carbocycles. The Bertz CT molecular complexity index is 472. The molecule has 0 atom stereocenters. The molecule has 0 unspecified atom stereocenters. The maximum absolute atomic E-state index is 12.7. The largest absolute Gasteiger partial charge is 0.338 e. The number of hydrogen-bond acceptors (Lipinski definition) is 2. The van der Waals surface area contributed by atoms with Crippen molar-refractivity contribution in [1.82, 2.24) is 4.90 Å². The van der Waals surface area contributed by atoms with E-state index in [-0.39, 0.29) is 11.3 Å². The summed E-state index contributed by atoms with van der Waals surface area (Å²) in [4.78, 5) is 14.6. The van der Waals surface area contributed by atoms with Crippen molar-refractivity contribution in [2.45, 2.75) is 34.1 Å². The van der Waals surface area contributed by atoms with Gasteiger partial charge in [-0.1, -0.05) is 36.7 Å². The normalized spacial score (nSPS) is 11.5. The van der Waals surface area contributed by atoms with Crippen molar-refractivity contribution in [2.24, 2.45) is 11.1 Å². The first kappa shape index (κ1) is 17.2. The summed E-state index contributed by atoms with van der Waals surface area (Å²) in [6.07, 6.45) is 0.946. The van der Waals surface area contributed by atoms with Crippen LogP contribution in [0.4, 0.5) is 0 Å². The van der Waals surface area contributed by atoms with Gasteiger partial charge in [-0.2, -0.15) is 0 Å². The van der Waals surface area contributed by atoms with Gasteiger partial charge in [0.2, 0.25) is 0 Å². The van der Waals surface area contributed by atoms with Crippen LogP contribution in [-0.2, 0) is 0 Å². The number of aryl methyl sites for hydroxylation is 1. The molecule has 0 aromatic heterocycles. The van der Waals surface area contributed by atoms with Crippen LogP contribution in [0, 0.1) is 12.3 Å². The fraction of sp³-hybridized carbons (Fsp3) is 0.562. The molecule has 2 N–H and O–H groups in total. The summed E-state index contributed by atoms with van der Waals surface area (Å²) < 4.78 is 1.03. The van der Waals surface area contributed by atoms with E-state index < -0.39 is 0 Å². The fourth-order valence-electron chi connectivity index (χ4n) is 2.06. The van der Waals surface area contributed by atoms with E-state index in [9.17, 15) is 4.79 Å². The zero-order chi connectivity index (χ0) is 15.3. The number of nitrogens with two attached hydrogens (primary N) is 1. The summed E-state index contributed by atoms with van der Waals surface area (Å²) in [5.74, 6) is 0.0870. The maximum Gasteiger partial charge on any atom is 0.253 e. The lowest BCUT2D eigenvalue weighted by Gasteiger charge is -2.32. The Hall–Kier alpha value is -0.870. The van der Waals surface area contributed by atoms with Gasteiger partial charge in [-0.3, -0.25) is 4.79 Å². The Morgan fingerprint density at radius 1 is 1.40 bits per heavy atom. The number of carbonyl (C=O) groups is 1. The molecule has 0 saturated heterocycles. The number of carbonyl (C=O) groups excluding carboxylic acids is 1. The standard InChI is InChI=1S/C16H25BrN2O/c1-5-8-19(11-16(3,4)10-18)15(20)13-6-7-14(17)12(2)9-13/h6-7,9H,5,8,10-11,18H2,1-4H3. The van der Waals surface area contributed by atoms with E-state index in [1.807, 2.05) is 30.0 Å². The number of benzene rings is 1. The van der Waals surface area contributed by atoms with Crippen molar-refractivity contribution >= 4 is 21.8 Å². The first-order valence-electron chi connectivity index (χ1n) is 7.06. The van der Waals surface area contributed by atoms with Gasteiger partial charge < -0.3 is 10.6 Å². The van der Waals surface area contributed by atoms with Crippen molar-refractivity contribution in [2.75, 3.05) is 19.6 Å². The Labute approximate surface area is 130 Å². The van der Waals surface area contributed by atoms with Crippen LogP contribution in [-0.4, -0.2) is 30.4 Å². The van der Waals surface area contributed by atoms with Gasteiger partial charge in [0.25, 0.3) is 5.91 Å². The molecular weight excluding hydrogens is 316 g/mol. The Balaban J connectivity index is 2.96. The van der Waals surface area contributed by atoms with E-state index in [1.54, 1.807) is 0 Å². The van der Waals surface area contributed by atoms with E-state index >= 15 is 0 Å². The minimum absolute atomic E-state index is 0.0603. The maximum atomic E-state index is 12.7. The highest BCUT2D eigenvalue weighted by atomic mass is 79.9. The molecule has 0 spiro atoms. The zero-order valence-corrected chi connectivity index (χ0v) is 14.5. The quantitative estimate of drug-likeness (QED) is 0.859. The topological polar surface area (TPSA) is 46.3 Å². The summed E-state index contributed by atoms with van der Waals surface area (Å²) >= 11 is 3.46. The van der Waals surface area contributed by atoms with Crippen molar-refractivity contribution in [3.8, 4) is 0 Å². The molecule has 20 heavy (non-hydrogen) atoms. The third kappa shape index (κ3) is 4.60. The monoisotopic (exact) mass is 340 g/mol. The van der Waals surface area contributed by atoms with Gasteiger partial charge >= 0.3 is 0 Å².